The van der Waals surface area contributed by atoms with Crippen molar-refractivity contribution < 1.29 is 24.3 Å². The number of aliphatic imine (C=N–C) groups is 1. The number of amides is 3. The number of carbonyl (C=O) groups is 4. The van der Waals surface area contributed by atoms with Gasteiger partial charge >= 0.3 is 5.97 Å². The molecule has 0 bridgehead atoms. The Bertz CT molecular complexity index is 765. The fraction of sp³-hybridized carbons (Fsp3) is 0.773. The summed E-state index contributed by atoms with van der Waals surface area (Å²) in [5, 5.41) is 18.2. The van der Waals surface area contributed by atoms with Gasteiger partial charge in [0.25, 0.3) is 0 Å². The number of guanidine groups is 1. The van der Waals surface area contributed by atoms with Gasteiger partial charge in [0.15, 0.2) is 5.96 Å². The molecule has 2 heterocycles. The SMILES string of the molecule is CCC(C)C(NC(=O)C(CCCN=C(N)N)NC(=O)C1CCCN1)C(=O)N1CCCC1C(=O)O. The van der Waals surface area contributed by atoms with Crippen molar-refractivity contribution in [3.8, 4) is 0 Å². The summed E-state index contributed by atoms with van der Waals surface area (Å²) in [6.07, 6.45) is 3.89. The zero-order valence-electron chi connectivity index (χ0n) is 20.1. The van der Waals surface area contributed by atoms with Gasteiger partial charge in [-0.05, 0) is 51.0 Å². The normalized spacial score (nSPS) is 22.5. The van der Waals surface area contributed by atoms with E-state index in [1.54, 1.807) is 0 Å². The Morgan fingerprint density at radius 1 is 1.18 bits per heavy atom. The summed E-state index contributed by atoms with van der Waals surface area (Å²) in [4.78, 5) is 56.1. The highest BCUT2D eigenvalue weighted by Crippen LogP contribution is 2.21. The highest BCUT2D eigenvalue weighted by Gasteiger charge is 2.40. The van der Waals surface area contributed by atoms with Crippen LogP contribution in [-0.2, 0) is 19.2 Å². The van der Waals surface area contributed by atoms with Gasteiger partial charge in [-0.2, -0.15) is 0 Å². The number of nitrogens with two attached hydrogens (primary N) is 2. The molecule has 3 amide bonds. The Morgan fingerprint density at radius 3 is 2.50 bits per heavy atom. The molecule has 34 heavy (non-hydrogen) atoms. The van der Waals surface area contributed by atoms with Gasteiger partial charge in [0.05, 0.1) is 6.04 Å². The molecule has 0 aromatic heterocycles. The molecule has 0 radical (unpaired) electrons. The maximum Gasteiger partial charge on any atom is 0.326 e. The number of hydrogen-bond acceptors (Lipinski definition) is 6. The number of aliphatic carboxylic acids is 1. The number of nitrogens with one attached hydrogen (secondary N) is 3. The molecule has 192 valence electrons. The monoisotopic (exact) mass is 481 g/mol. The smallest absolute Gasteiger partial charge is 0.326 e. The van der Waals surface area contributed by atoms with E-state index in [2.05, 4.69) is 20.9 Å². The van der Waals surface area contributed by atoms with Crippen LogP contribution in [0, 0.1) is 5.92 Å². The maximum absolute atomic E-state index is 13.3. The summed E-state index contributed by atoms with van der Waals surface area (Å²) in [6.45, 7) is 5.11. The molecule has 12 nitrogen and oxygen atoms in total. The summed E-state index contributed by atoms with van der Waals surface area (Å²) in [6, 6.07) is -3.02. The van der Waals surface area contributed by atoms with Gasteiger partial charge < -0.3 is 37.4 Å². The summed E-state index contributed by atoms with van der Waals surface area (Å²) in [5.41, 5.74) is 10.7. The van der Waals surface area contributed by atoms with Crippen LogP contribution in [0.15, 0.2) is 4.99 Å². The Hall–Kier alpha value is -2.89. The van der Waals surface area contributed by atoms with Crippen molar-refractivity contribution in [2.24, 2.45) is 22.4 Å². The molecule has 8 N–H and O–H groups in total. The minimum atomic E-state index is -1.05. The molecule has 2 fully saturated rings. The average Bonchev–Trinajstić information content (AvgIpc) is 3.50. The number of carboxylic acids is 1. The second-order valence-electron chi connectivity index (χ2n) is 9.06. The second-order valence-corrected chi connectivity index (χ2v) is 9.06. The topological polar surface area (TPSA) is 192 Å². The molecule has 2 rings (SSSR count). The molecule has 12 heteroatoms. The maximum atomic E-state index is 13.3. The van der Waals surface area contributed by atoms with Crippen molar-refractivity contribution in [1.82, 2.24) is 20.9 Å². The number of rotatable bonds is 12. The fourth-order valence-electron chi connectivity index (χ4n) is 4.36. The minimum Gasteiger partial charge on any atom is -0.480 e. The molecular formula is C22H39N7O5. The summed E-state index contributed by atoms with van der Waals surface area (Å²) in [5.74, 6) is -2.48. The van der Waals surface area contributed by atoms with E-state index in [4.69, 9.17) is 11.5 Å². The van der Waals surface area contributed by atoms with Crippen molar-refractivity contribution in [3.63, 3.8) is 0 Å². The van der Waals surface area contributed by atoms with Crippen LogP contribution in [0.2, 0.25) is 0 Å². The highest BCUT2D eigenvalue weighted by atomic mass is 16.4. The first-order valence-electron chi connectivity index (χ1n) is 12.1. The fourth-order valence-corrected chi connectivity index (χ4v) is 4.36. The lowest BCUT2D eigenvalue weighted by Crippen LogP contribution is -2.58. The molecule has 5 atom stereocenters. The van der Waals surface area contributed by atoms with Gasteiger partial charge in [-0.1, -0.05) is 20.3 Å². The molecule has 0 saturated carbocycles. The highest BCUT2D eigenvalue weighted by molar-refractivity contribution is 5.94. The molecule has 2 aliphatic heterocycles. The van der Waals surface area contributed by atoms with Crippen LogP contribution in [-0.4, -0.2) is 83.5 Å². The molecular weight excluding hydrogens is 442 g/mol. The lowest BCUT2D eigenvalue weighted by Gasteiger charge is -2.31. The van der Waals surface area contributed by atoms with E-state index in [1.165, 1.54) is 4.90 Å². The van der Waals surface area contributed by atoms with E-state index in [0.717, 1.165) is 13.0 Å². The summed E-state index contributed by atoms with van der Waals surface area (Å²) >= 11 is 0. The van der Waals surface area contributed by atoms with E-state index in [1.807, 2.05) is 13.8 Å². The van der Waals surface area contributed by atoms with Crippen molar-refractivity contribution in [2.45, 2.75) is 83.0 Å². The Kier molecular flexibility index (Phi) is 10.6. The van der Waals surface area contributed by atoms with E-state index >= 15 is 0 Å². The molecule has 0 aliphatic carbocycles. The van der Waals surface area contributed by atoms with E-state index in [0.29, 0.717) is 45.2 Å². The summed E-state index contributed by atoms with van der Waals surface area (Å²) in [7, 11) is 0. The van der Waals surface area contributed by atoms with Crippen molar-refractivity contribution in [1.29, 1.82) is 0 Å². The van der Waals surface area contributed by atoms with Crippen molar-refractivity contribution in [3.05, 3.63) is 0 Å². The van der Waals surface area contributed by atoms with Crippen molar-refractivity contribution in [2.75, 3.05) is 19.6 Å². The first kappa shape index (κ1) is 27.4. The number of likely N-dealkylation sites (tertiary alicyclic amines) is 1. The Morgan fingerprint density at radius 2 is 1.91 bits per heavy atom. The van der Waals surface area contributed by atoms with Crippen LogP contribution in [0.4, 0.5) is 0 Å². The van der Waals surface area contributed by atoms with Gasteiger partial charge in [-0.25, -0.2) is 4.79 Å². The lowest BCUT2D eigenvalue weighted by molar-refractivity contribution is -0.150. The number of carboxylic acid groups (broad SMARTS) is 1. The average molecular weight is 482 g/mol. The van der Waals surface area contributed by atoms with Gasteiger partial charge in [-0.15, -0.1) is 0 Å². The third-order valence-corrected chi connectivity index (χ3v) is 6.55. The zero-order chi connectivity index (χ0) is 25.3. The quantitative estimate of drug-likeness (QED) is 0.115. The van der Waals surface area contributed by atoms with Gasteiger partial charge in [-0.3, -0.25) is 19.4 Å². The van der Waals surface area contributed by atoms with Crippen molar-refractivity contribution >= 4 is 29.7 Å². The van der Waals surface area contributed by atoms with Crippen LogP contribution in [0.25, 0.3) is 0 Å². The molecule has 0 spiro atoms. The predicted octanol–water partition coefficient (Wildman–Crippen LogP) is -1.12. The lowest BCUT2D eigenvalue weighted by atomic mass is 9.96. The van der Waals surface area contributed by atoms with Crippen LogP contribution in [0.3, 0.4) is 0 Å². The van der Waals surface area contributed by atoms with Gasteiger partial charge in [0.2, 0.25) is 17.7 Å². The van der Waals surface area contributed by atoms with E-state index in [-0.39, 0.29) is 30.2 Å². The zero-order valence-corrected chi connectivity index (χ0v) is 20.1. The Labute approximate surface area is 200 Å². The molecule has 5 unspecified atom stereocenters. The number of carbonyl (C=O) groups excluding carboxylic acids is 3. The molecule has 2 saturated heterocycles. The van der Waals surface area contributed by atoms with Crippen LogP contribution >= 0.6 is 0 Å². The van der Waals surface area contributed by atoms with Gasteiger partial charge in [0.1, 0.15) is 18.1 Å². The van der Waals surface area contributed by atoms with Crippen LogP contribution < -0.4 is 27.4 Å². The molecule has 0 aromatic rings. The first-order valence-corrected chi connectivity index (χ1v) is 12.1. The van der Waals surface area contributed by atoms with Crippen LogP contribution in [0.5, 0.6) is 0 Å². The van der Waals surface area contributed by atoms with Gasteiger partial charge in [0, 0.05) is 13.1 Å². The molecule has 0 aromatic carbocycles. The Balaban J connectivity index is 2.14. The number of hydrogen-bond donors (Lipinski definition) is 6. The summed E-state index contributed by atoms with van der Waals surface area (Å²) < 4.78 is 0. The van der Waals surface area contributed by atoms with E-state index < -0.39 is 35.9 Å². The predicted molar refractivity (Wildman–Crippen MR) is 127 cm³/mol. The second kappa shape index (κ2) is 13.1. The minimum absolute atomic E-state index is 0.0544. The molecule has 2 aliphatic rings. The third kappa shape index (κ3) is 7.57. The first-order chi connectivity index (χ1) is 16.1. The van der Waals surface area contributed by atoms with Crippen LogP contribution in [0.1, 0.15) is 58.8 Å². The largest absolute Gasteiger partial charge is 0.480 e. The number of nitrogens with zero attached hydrogens (tertiary/aromatic N) is 2. The third-order valence-electron chi connectivity index (χ3n) is 6.55. The van der Waals surface area contributed by atoms with E-state index in [9.17, 15) is 24.3 Å². The standard InChI is InChI=1S/C22H39N7O5/c1-3-13(2)17(20(32)29-12-6-9-16(29)21(33)34)28-19(31)15(8-5-11-26-22(23)24)27-18(30)14-7-4-10-25-14/h13-17,25H,3-12H2,1-2H3,(H,27,30)(H,28,31)(H,33,34)(H4,23,24,26).